The van der Waals surface area contributed by atoms with Gasteiger partial charge in [0.15, 0.2) is 17.5 Å². The molecule has 0 fully saturated rings. The Labute approximate surface area is 289 Å². The van der Waals surface area contributed by atoms with Gasteiger partial charge in [-0.3, -0.25) is 0 Å². The molecule has 6 aromatic carbocycles. The molecule has 1 aliphatic carbocycles. The lowest BCUT2D eigenvalue weighted by Gasteiger charge is -2.13. The van der Waals surface area contributed by atoms with E-state index in [1.54, 1.807) is 0 Å². The van der Waals surface area contributed by atoms with Gasteiger partial charge in [-0.15, -0.1) is 0 Å². The van der Waals surface area contributed by atoms with E-state index in [1.165, 1.54) is 38.3 Å². The van der Waals surface area contributed by atoms with E-state index in [1.807, 2.05) is 60.7 Å². The van der Waals surface area contributed by atoms with Crippen molar-refractivity contribution in [3.8, 4) is 39.9 Å². The molecule has 10 rings (SSSR count). The summed E-state index contributed by atoms with van der Waals surface area (Å²) in [5.74, 6) is 1.94. The molecule has 50 heavy (non-hydrogen) atoms. The maximum atomic E-state index is 5.03. The molecule has 1 aliphatic rings. The van der Waals surface area contributed by atoms with E-state index < -0.39 is 0 Å². The topological polar surface area (TPSA) is 48.5 Å². The van der Waals surface area contributed by atoms with Gasteiger partial charge in [0.1, 0.15) is 0 Å². The van der Waals surface area contributed by atoms with Gasteiger partial charge in [0, 0.05) is 49.6 Å². The van der Waals surface area contributed by atoms with Gasteiger partial charge in [-0.1, -0.05) is 121 Å². The average molecular weight is 642 g/mol. The van der Waals surface area contributed by atoms with Crippen LogP contribution in [0.1, 0.15) is 12.8 Å². The summed E-state index contributed by atoms with van der Waals surface area (Å²) in [6.07, 6.45) is 9.03. The highest BCUT2D eigenvalue weighted by Crippen LogP contribution is 2.40. The smallest absolute Gasteiger partial charge is 0.164 e. The summed E-state index contributed by atoms with van der Waals surface area (Å²) in [4.78, 5) is 15.0. The van der Waals surface area contributed by atoms with E-state index in [0.29, 0.717) is 17.5 Å². The minimum atomic E-state index is 0.638. The molecule has 0 amide bonds. The molecule has 3 aromatic heterocycles. The molecule has 3 heterocycles. The summed E-state index contributed by atoms with van der Waals surface area (Å²) in [5.41, 5.74) is 9.86. The third kappa shape index (κ3) is 4.59. The zero-order valence-corrected chi connectivity index (χ0v) is 27.2. The summed E-state index contributed by atoms with van der Waals surface area (Å²) >= 11 is 0. The largest absolute Gasteiger partial charge is 0.310 e. The van der Waals surface area contributed by atoms with Crippen LogP contribution >= 0.6 is 0 Å². The van der Waals surface area contributed by atoms with Gasteiger partial charge in [0.05, 0.1) is 22.1 Å². The number of benzene rings is 6. The first-order chi connectivity index (χ1) is 24.8. The fourth-order valence-electron chi connectivity index (χ4n) is 7.47. The molecule has 5 heteroatoms. The number of fused-ring (bicyclic) bond motifs is 6. The zero-order valence-electron chi connectivity index (χ0n) is 27.2. The summed E-state index contributed by atoms with van der Waals surface area (Å²) in [5, 5.41) is 4.98. The lowest BCUT2D eigenvalue weighted by molar-refractivity contribution is 1.02. The maximum absolute atomic E-state index is 5.03. The Bertz CT molecular complexity index is 2750. The first-order valence-electron chi connectivity index (χ1n) is 17.1. The summed E-state index contributed by atoms with van der Waals surface area (Å²) < 4.78 is 4.82. The van der Waals surface area contributed by atoms with Gasteiger partial charge in [0.2, 0.25) is 0 Å². The van der Waals surface area contributed by atoms with Crippen molar-refractivity contribution in [3.05, 3.63) is 164 Å². The molecule has 0 saturated carbocycles. The van der Waals surface area contributed by atoms with E-state index in [9.17, 15) is 0 Å². The van der Waals surface area contributed by atoms with Gasteiger partial charge in [-0.05, 0) is 55.3 Å². The van der Waals surface area contributed by atoms with Gasteiger partial charge in [0.25, 0.3) is 0 Å². The fourth-order valence-corrected chi connectivity index (χ4v) is 7.47. The van der Waals surface area contributed by atoms with Crippen LogP contribution in [0.25, 0.3) is 89.2 Å². The Morgan fingerprint density at radius 2 is 0.940 bits per heavy atom. The van der Waals surface area contributed by atoms with Crippen molar-refractivity contribution in [2.45, 2.75) is 12.8 Å². The third-order valence-electron chi connectivity index (χ3n) is 9.76. The molecule has 0 spiro atoms. The lowest BCUT2D eigenvalue weighted by atomic mass is 10.1. The average Bonchev–Trinajstić information content (AvgIpc) is 3.70. The van der Waals surface area contributed by atoms with Crippen LogP contribution in [0, 0.1) is 0 Å². The second-order valence-corrected chi connectivity index (χ2v) is 12.8. The van der Waals surface area contributed by atoms with Gasteiger partial charge in [-0.25, -0.2) is 15.0 Å². The second kappa shape index (κ2) is 11.5. The molecule has 0 radical (unpaired) electrons. The first-order valence-corrected chi connectivity index (χ1v) is 17.1. The van der Waals surface area contributed by atoms with E-state index >= 15 is 0 Å². The quantitative estimate of drug-likeness (QED) is 0.188. The normalized spacial score (nSPS) is 13.1. The zero-order chi connectivity index (χ0) is 33.0. The standard InChI is InChI=1S/C45H31N5/c1-4-15-30(16-5-1)43-46-44(31-17-6-2-7-18-31)48-45(47-43)32-19-14-22-34(27-32)50-40-26-13-11-24-36(40)38-28-37-35-23-10-12-25-39(35)49(41(37)29-42(38)50)33-20-8-3-9-21-33/h1-2,4-8,10-29H,3,9H2. The Morgan fingerprint density at radius 3 is 1.56 bits per heavy atom. The lowest BCUT2D eigenvalue weighted by Crippen LogP contribution is -2.01. The minimum absolute atomic E-state index is 0.638. The van der Waals surface area contributed by atoms with Crippen molar-refractivity contribution in [3.63, 3.8) is 0 Å². The molecule has 0 bridgehead atoms. The first kappa shape index (κ1) is 28.4. The molecule has 9 aromatic rings. The van der Waals surface area contributed by atoms with Crippen LogP contribution in [0.4, 0.5) is 0 Å². The fraction of sp³-hybridized carbons (Fsp3) is 0.0444. The van der Waals surface area contributed by atoms with E-state index in [-0.39, 0.29) is 0 Å². The molecular weight excluding hydrogens is 611 g/mol. The summed E-state index contributed by atoms with van der Waals surface area (Å²) in [6.45, 7) is 0. The van der Waals surface area contributed by atoms with Crippen molar-refractivity contribution in [2.75, 3.05) is 0 Å². The number of hydrogen-bond acceptors (Lipinski definition) is 3. The predicted octanol–water partition coefficient (Wildman–Crippen LogP) is 11.3. The summed E-state index contributed by atoms with van der Waals surface area (Å²) in [7, 11) is 0. The van der Waals surface area contributed by atoms with Crippen LogP contribution in [0.5, 0.6) is 0 Å². The molecule has 236 valence electrons. The highest BCUT2D eigenvalue weighted by atomic mass is 15.0. The number of allylic oxidation sites excluding steroid dienone is 4. The summed E-state index contributed by atoms with van der Waals surface area (Å²) in [6, 6.07) is 51.1. The predicted molar refractivity (Wildman–Crippen MR) is 206 cm³/mol. The van der Waals surface area contributed by atoms with Crippen LogP contribution in [-0.2, 0) is 0 Å². The Kier molecular flexibility index (Phi) is 6.56. The van der Waals surface area contributed by atoms with Crippen LogP contribution in [-0.4, -0.2) is 24.1 Å². The Balaban J connectivity index is 1.21. The molecule has 0 atom stereocenters. The van der Waals surface area contributed by atoms with E-state index in [4.69, 9.17) is 15.0 Å². The second-order valence-electron chi connectivity index (χ2n) is 12.8. The van der Waals surface area contributed by atoms with Gasteiger partial charge in [-0.2, -0.15) is 0 Å². The molecule has 0 N–H and O–H groups in total. The number of rotatable bonds is 5. The molecular formula is C45H31N5. The molecule has 0 unspecified atom stereocenters. The van der Waals surface area contributed by atoms with Crippen LogP contribution < -0.4 is 0 Å². The number of para-hydroxylation sites is 2. The Morgan fingerprint density at radius 1 is 0.400 bits per heavy atom. The van der Waals surface area contributed by atoms with Crippen LogP contribution in [0.3, 0.4) is 0 Å². The SMILES string of the molecule is C1=CC(n2c3ccccc3c3cc4c5ccccc5n(-c5cccc(-c6nc(-c7ccccc7)nc(-c7ccccc7)n6)c5)c4cc32)=CCC1. The van der Waals surface area contributed by atoms with Crippen molar-refractivity contribution in [1.82, 2.24) is 24.1 Å². The van der Waals surface area contributed by atoms with E-state index in [0.717, 1.165) is 46.3 Å². The highest BCUT2D eigenvalue weighted by molar-refractivity contribution is 6.19. The molecule has 0 saturated heterocycles. The van der Waals surface area contributed by atoms with E-state index in [2.05, 4.69) is 112 Å². The van der Waals surface area contributed by atoms with Crippen molar-refractivity contribution in [1.29, 1.82) is 0 Å². The number of aromatic nitrogens is 5. The van der Waals surface area contributed by atoms with Crippen molar-refractivity contribution in [2.24, 2.45) is 0 Å². The maximum Gasteiger partial charge on any atom is 0.164 e. The number of nitrogens with zero attached hydrogens (tertiary/aromatic N) is 5. The Hall–Kier alpha value is -6.59. The molecule has 5 nitrogen and oxygen atoms in total. The molecule has 0 aliphatic heterocycles. The van der Waals surface area contributed by atoms with Gasteiger partial charge >= 0.3 is 0 Å². The minimum Gasteiger partial charge on any atom is -0.310 e. The van der Waals surface area contributed by atoms with Crippen LogP contribution in [0.15, 0.2) is 164 Å². The van der Waals surface area contributed by atoms with Gasteiger partial charge < -0.3 is 9.13 Å². The third-order valence-corrected chi connectivity index (χ3v) is 9.76. The van der Waals surface area contributed by atoms with Crippen molar-refractivity contribution >= 4 is 49.3 Å². The highest BCUT2D eigenvalue weighted by Gasteiger charge is 2.20. The van der Waals surface area contributed by atoms with Crippen molar-refractivity contribution < 1.29 is 0 Å². The number of hydrogen-bond donors (Lipinski definition) is 0. The monoisotopic (exact) mass is 641 g/mol. The van der Waals surface area contributed by atoms with Crippen LogP contribution in [0.2, 0.25) is 0 Å².